The largest absolute Gasteiger partial charge is 0.478 e. The molecule has 1 amide bonds. The molecule has 1 heterocycles. The van der Waals surface area contributed by atoms with Crippen LogP contribution in [0.15, 0.2) is 54.6 Å². The Morgan fingerprint density at radius 1 is 1.00 bits per heavy atom. The Labute approximate surface area is 181 Å². The first-order valence-corrected chi connectivity index (χ1v) is 10.6. The van der Waals surface area contributed by atoms with Crippen molar-refractivity contribution in [1.82, 2.24) is 9.97 Å². The second-order valence-corrected chi connectivity index (χ2v) is 7.80. The Morgan fingerprint density at radius 3 is 2.52 bits per heavy atom. The third-order valence-electron chi connectivity index (χ3n) is 5.57. The maximum absolute atomic E-state index is 13.0. The van der Waals surface area contributed by atoms with Crippen molar-refractivity contribution in [2.45, 2.75) is 38.0 Å². The first kappa shape index (κ1) is 20.6. The number of imidazole rings is 1. The molecule has 1 aliphatic carbocycles. The number of carboxylic acid groups (broad SMARTS) is 1. The summed E-state index contributed by atoms with van der Waals surface area (Å²) in [7, 11) is 0. The number of H-pyrrole nitrogens is 1. The summed E-state index contributed by atoms with van der Waals surface area (Å²) < 4.78 is 0. The number of hydrogen-bond donors (Lipinski definition) is 3. The van der Waals surface area contributed by atoms with Gasteiger partial charge in [0, 0.05) is 11.6 Å². The van der Waals surface area contributed by atoms with Crippen molar-refractivity contribution >= 4 is 29.7 Å². The van der Waals surface area contributed by atoms with Crippen LogP contribution in [-0.2, 0) is 0 Å². The van der Waals surface area contributed by atoms with Crippen molar-refractivity contribution in [3.8, 4) is 0 Å². The van der Waals surface area contributed by atoms with Crippen molar-refractivity contribution in [2.75, 3.05) is 5.32 Å². The lowest BCUT2D eigenvalue weighted by molar-refractivity contribution is 0.0696. The van der Waals surface area contributed by atoms with Crippen molar-refractivity contribution in [3.05, 3.63) is 82.9 Å². The van der Waals surface area contributed by atoms with E-state index in [1.807, 2.05) is 42.5 Å². The monoisotopic (exact) mass is 415 g/mol. The molecule has 6 heteroatoms. The number of nitrogens with one attached hydrogen (secondary N) is 2. The van der Waals surface area contributed by atoms with Gasteiger partial charge in [-0.15, -0.1) is 0 Å². The first-order valence-electron chi connectivity index (χ1n) is 10.6. The molecule has 3 aromatic rings. The third-order valence-corrected chi connectivity index (χ3v) is 5.57. The molecule has 1 fully saturated rings. The number of rotatable bonds is 6. The highest BCUT2D eigenvalue weighted by Crippen LogP contribution is 2.32. The van der Waals surface area contributed by atoms with Gasteiger partial charge in [0.05, 0.1) is 11.3 Å². The van der Waals surface area contributed by atoms with Crippen molar-refractivity contribution in [2.24, 2.45) is 0 Å². The van der Waals surface area contributed by atoms with E-state index < -0.39 is 5.97 Å². The Morgan fingerprint density at radius 2 is 1.77 bits per heavy atom. The minimum absolute atomic E-state index is 0.118. The van der Waals surface area contributed by atoms with Gasteiger partial charge in [0.1, 0.15) is 5.82 Å². The minimum Gasteiger partial charge on any atom is -0.478 e. The van der Waals surface area contributed by atoms with Gasteiger partial charge >= 0.3 is 5.97 Å². The number of nitrogens with zero attached hydrogens (tertiary/aromatic N) is 1. The molecule has 4 rings (SSSR count). The van der Waals surface area contributed by atoms with E-state index in [0.29, 0.717) is 23.0 Å². The van der Waals surface area contributed by atoms with Gasteiger partial charge in [0.25, 0.3) is 5.91 Å². The van der Waals surface area contributed by atoms with Crippen LogP contribution in [0.3, 0.4) is 0 Å². The highest BCUT2D eigenvalue weighted by atomic mass is 16.4. The number of aromatic amines is 1. The maximum Gasteiger partial charge on any atom is 0.335 e. The second-order valence-electron chi connectivity index (χ2n) is 7.80. The molecule has 0 aliphatic heterocycles. The average Bonchev–Trinajstić information content (AvgIpc) is 3.24. The van der Waals surface area contributed by atoms with Crippen LogP contribution in [0, 0.1) is 0 Å². The SMILES string of the molecule is O=C(O)c1cccc(NC(=O)c2nc(C3CCCCC3)[nH]c2C=Cc2ccccc2)c1. The van der Waals surface area contributed by atoms with Crippen LogP contribution in [0.5, 0.6) is 0 Å². The number of benzene rings is 2. The number of carboxylic acids is 1. The minimum atomic E-state index is -1.04. The van der Waals surface area contributed by atoms with E-state index >= 15 is 0 Å². The van der Waals surface area contributed by atoms with Crippen LogP contribution in [0.25, 0.3) is 12.2 Å². The molecule has 0 bridgehead atoms. The van der Waals surface area contributed by atoms with E-state index in [4.69, 9.17) is 0 Å². The van der Waals surface area contributed by atoms with Gasteiger partial charge < -0.3 is 15.4 Å². The predicted octanol–water partition coefficient (Wildman–Crippen LogP) is 5.58. The van der Waals surface area contributed by atoms with E-state index in [-0.39, 0.29) is 11.5 Å². The molecule has 2 aromatic carbocycles. The normalized spacial score (nSPS) is 14.6. The highest BCUT2D eigenvalue weighted by molar-refractivity contribution is 6.05. The molecule has 31 heavy (non-hydrogen) atoms. The topological polar surface area (TPSA) is 95.1 Å². The number of aromatic nitrogens is 2. The van der Waals surface area contributed by atoms with Crippen LogP contribution in [0.4, 0.5) is 5.69 Å². The average molecular weight is 415 g/mol. The fraction of sp³-hybridized carbons (Fsp3) is 0.240. The van der Waals surface area contributed by atoms with Crippen molar-refractivity contribution in [3.63, 3.8) is 0 Å². The van der Waals surface area contributed by atoms with Gasteiger partial charge in [0.15, 0.2) is 5.69 Å². The fourth-order valence-corrected chi connectivity index (χ4v) is 3.93. The Hall–Kier alpha value is -3.67. The van der Waals surface area contributed by atoms with Gasteiger partial charge in [0.2, 0.25) is 0 Å². The summed E-state index contributed by atoms with van der Waals surface area (Å²) in [5.41, 5.74) is 2.53. The maximum atomic E-state index is 13.0. The highest BCUT2D eigenvalue weighted by Gasteiger charge is 2.23. The lowest BCUT2D eigenvalue weighted by Gasteiger charge is -2.19. The lowest BCUT2D eigenvalue weighted by Crippen LogP contribution is -2.14. The molecule has 158 valence electrons. The molecule has 0 radical (unpaired) electrons. The molecule has 0 unspecified atom stereocenters. The van der Waals surface area contributed by atoms with Gasteiger partial charge in [-0.05, 0) is 42.7 Å². The summed E-state index contributed by atoms with van der Waals surface area (Å²) in [6.45, 7) is 0. The summed E-state index contributed by atoms with van der Waals surface area (Å²) in [5, 5.41) is 12.0. The van der Waals surface area contributed by atoms with E-state index in [1.165, 1.54) is 31.4 Å². The number of anilines is 1. The molecular formula is C25H25N3O3. The summed E-state index contributed by atoms with van der Waals surface area (Å²) in [6, 6.07) is 16.1. The lowest BCUT2D eigenvalue weighted by atomic mass is 9.89. The first-order chi connectivity index (χ1) is 15.1. The van der Waals surface area contributed by atoms with E-state index in [1.54, 1.807) is 12.1 Å². The van der Waals surface area contributed by atoms with Gasteiger partial charge in [-0.25, -0.2) is 9.78 Å². The van der Waals surface area contributed by atoms with E-state index in [9.17, 15) is 14.7 Å². The molecule has 1 aromatic heterocycles. The zero-order valence-electron chi connectivity index (χ0n) is 17.2. The quantitative estimate of drug-likeness (QED) is 0.490. The number of aromatic carboxylic acids is 1. The van der Waals surface area contributed by atoms with Crippen LogP contribution >= 0.6 is 0 Å². The molecule has 0 saturated heterocycles. The summed E-state index contributed by atoms with van der Waals surface area (Å²) in [4.78, 5) is 32.3. The van der Waals surface area contributed by atoms with Crippen LogP contribution < -0.4 is 5.32 Å². The number of carbonyl (C=O) groups is 2. The number of carbonyl (C=O) groups excluding carboxylic acids is 1. The summed E-state index contributed by atoms with van der Waals surface area (Å²) in [5.74, 6) is -0.234. The molecule has 6 nitrogen and oxygen atoms in total. The molecule has 0 spiro atoms. The van der Waals surface area contributed by atoms with Gasteiger partial charge in [-0.2, -0.15) is 0 Å². The third kappa shape index (κ3) is 5.09. The number of hydrogen-bond acceptors (Lipinski definition) is 3. The predicted molar refractivity (Wildman–Crippen MR) is 121 cm³/mol. The van der Waals surface area contributed by atoms with E-state index in [2.05, 4.69) is 15.3 Å². The standard InChI is InChI=1S/C25H25N3O3/c29-24(26-20-13-7-12-19(16-20)25(30)31)22-21(15-14-17-8-3-1-4-9-17)27-23(28-22)18-10-5-2-6-11-18/h1,3-4,7-9,12-16,18H,2,5-6,10-11H2,(H,26,29)(H,27,28)(H,30,31). The summed E-state index contributed by atoms with van der Waals surface area (Å²) in [6.07, 6.45) is 9.53. The Kier molecular flexibility index (Phi) is 6.26. The zero-order valence-corrected chi connectivity index (χ0v) is 17.2. The molecule has 1 aliphatic rings. The molecular weight excluding hydrogens is 390 g/mol. The van der Waals surface area contributed by atoms with Crippen LogP contribution in [0.1, 0.15) is 76.0 Å². The second kappa shape index (κ2) is 9.43. The van der Waals surface area contributed by atoms with Crippen molar-refractivity contribution in [1.29, 1.82) is 0 Å². The molecule has 0 atom stereocenters. The van der Waals surface area contributed by atoms with E-state index in [0.717, 1.165) is 24.2 Å². The Balaban J connectivity index is 1.63. The zero-order chi connectivity index (χ0) is 21.6. The molecule has 3 N–H and O–H groups in total. The Bertz CT molecular complexity index is 1100. The van der Waals surface area contributed by atoms with Crippen LogP contribution in [-0.4, -0.2) is 27.0 Å². The molecule has 1 saturated carbocycles. The fourth-order valence-electron chi connectivity index (χ4n) is 3.93. The van der Waals surface area contributed by atoms with Gasteiger partial charge in [-0.3, -0.25) is 4.79 Å². The number of amides is 1. The van der Waals surface area contributed by atoms with Crippen LogP contribution in [0.2, 0.25) is 0 Å². The van der Waals surface area contributed by atoms with Gasteiger partial charge in [-0.1, -0.05) is 61.7 Å². The van der Waals surface area contributed by atoms with Crippen molar-refractivity contribution < 1.29 is 14.7 Å². The smallest absolute Gasteiger partial charge is 0.335 e. The summed E-state index contributed by atoms with van der Waals surface area (Å²) >= 11 is 0.